The van der Waals surface area contributed by atoms with E-state index >= 15 is 0 Å². The van der Waals surface area contributed by atoms with Crippen molar-refractivity contribution in [3.63, 3.8) is 0 Å². The zero-order chi connectivity index (χ0) is 12.6. The van der Waals surface area contributed by atoms with Gasteiger partial charge in [-0.05, 0) is 42.6 Å². The normalized spacial score (nSPS) is 20.9. The van der Waals surface area contributed by atoms with Crippen LogP contribution in [0.25, 0.3) is 0 Å². The summed E-state index contributed by atoms with van der Waals surface area (Å²) in [5, 5.41) is 0. The highest BCUT2D eigenvalue weighted by Gasteiger charge is 2.33. The highest BCUT2D eigenvalue weighted by Crippen LogP contribution is 2.35. The van der Waals surface area contributed by atoms with Gasteiger partial charge in [0.2, 0.25) is 0 Å². The summed E-state index contributed by atoms with van der Waals surface area (Å²) in [5.41, 5.74) is 10.2. The van der Waals surface area contributed by atoms with Crippen LogP contribution in [0.1, 0.15) is 12.0 Å². The zero-order valence-corrected chi connectivity index (χ0v) is 12.5. The largest absolute Gasteiger partial charge is 0.399 e. The van der Waals surface area contributed by atoms with E-state index in [-0.39, 0.29) is 0 Å². The molecular formula is C14H24N2Si. The van der Waals surface area contributed by atoms with Crippen molar-refractivity contribution in [2.75, 3.05) is 23.7 Å². The zero-order valence-electron chi connectivity index (χ0n) is 11.5. The Morgan fingerprint density at radius 1 is 1.29 bits per heavy atom. The predicted molar refractivity (Wildman–Crippen MR) is 79.5 cm³/mol. The van der Waals surface area contributed by atoms with E-state index in [0.717, 1.165) is 11.2 Å². The summed E-state index contributed by atoms with van der Waals surface area (Å²) >= 11 is 0. The van der Waals surface area contributed by atoms with Gasteiger partial charge in [-0.3, -0.25) is 0 Å². The summed E-state index contributed by atoms with van der Waals surface area (Å²) < 4.78 is 0. The summed E-state index contributed by atoms with van der Waals surface area (Å²) in [5.74, 6) is 0. The second-order valence-corrected chi connectivity index (χ2v) is 11.9. The number of hydrogen-bond donors (Lipinski definition) is 1. The Labute approximate surface area is 106 Å². The molecule has 1 aliphatic rings. The summed E-state index contributed by atoms with van der Waals surface area (Å²) in [6, 6.07) is 6.42. The van der Waals surface area contributed by atoms with Gasteiger partial charge in [-0.2, -0.15) is 0 Å². The third-order valence-electron chi connectivity index (χ3n) is 4.03. The standard InChI is InChI=1S/C14H24N2Si/c1-11-9-12(5-6-14(11)15)16-8-7-13(10-16)17(2,3)4/h5-6,9,13H,7-8,10,15H2,1-4H3. The van der Waals surface area contributed by atoms with E-state index in [2.05, 4.69) is 43.6 Å². The predicted octanol–water partition coefficient (Wildman–Crippen LogP) is 3.50. The maximum Gasteiger partial charge on any atom is 0.0494 e. The highest BCUT2D eigenvalue weighted by atomic mass is 28.3. The third kappa shape index (κ3) is 2.65. The van der Waals surface area contributed by atoms with Crippen LogP contribution < -0.4 is 10.6 Å². The number of hydrogen-bond acceptors (Lipinski definition) is 2. The van der Waals surface area contributed by atoms with E-state index in [1.54, 1.807) is 0 Å². The van der Waals surface area contributed by atoms with Gasteiger partial charge >= 0.3 is 0 Å². The molecule has 1 aromatic carbocycles. The maximum atomic E-state index is 5.87. The topological polar surface area (TPSA) is 29.3 Å². The molecule has 1 aromatic rings. The summed E-state index contributed by atoms with van der Waals surface area (Å²) in [6.07, 6.45) is 1.36. The minimum Gasteiger partial charge on any atom is -0.399 e. The van der Waals surface area contributed by atoms with E-state index in [1.807, 2.05) is 6.07 Å². The van der Waals surface area contributed by atoms with E-state index in [1.165, 1.54) is 30.8 Å². The van der Waals surface area contributed by atoms with Gasteiger partial charge < -0.3 is 10.6 Å². The molecule has 1 atom stereocenters. The van der Waals surface area contributed by atoms with Crippen molar-refractivity contribution in [1.82, 2.24) is 0 Å². The molecule has 0 spiro atoms. The fourth-order valence-electron chi connectivity index (χ4n) is 2.56. The molecule has 0 radical (unpaired) electrons. The first-order valence-corrected chi connectivity index (χ1v) is 10.1. The van der Waals surface area contributed by atoms with E-state index in [0.29, 0.717) is 0 Å². The first-order chi connectivity index (χ1) is 7.88. The first-order valence-electron chi connectivity index (χ1n) is 6.49. The molecule has 94 valence electrons. The molecule has 0 bridgehead atoms. The highest BCUT2D eigenvalue weighted by molar-refractivity contribution is 6.77. The lowest BCUT2D eigenvalue weighted by Gasteiger charge is -2.26. The maximum absolute atomic E-state index is 5.87. The monoisotopic (exact) mass is 248 g/mol. The molecular weight excluding hydrogens is 224 g/mol. The van der Waals surface area contributed by atoms with Gasteiger partial charge in [0.05, 0.1) is 0 Å². The van der Waals surface area contributed by atoms with Crippen LogP contribution in [0.5, 0.6) is 0 Å². The van der Waals surface area contributed by atoms with Gasteiger partial charge in [0.15, 0.2) is 0 Å². The minimum absolute atomic E-state index is 0.898. The summed E-state index contributed by atoms with van der Waals surface area (Å²) in [7, 11) is -0.990. The Hall–Kier alpha value is -0.963. The van der Waals surface area contributed by atoms with Gasteiger partial charge in [-0.15, -0.1) is 0 Å². The number of rotatable bonds is 2. The SMILES string of the molecule is Cc1cc(N2CCC([Si](C)(C)C)C2)ccc1N. The summed E-state index contributed by atoms with van der Waals surface area (Å²) in [4.78, 5) is 2.52. The molecule has 0 aromatic heterocycles. The van der Waals surface area contributed by atoms with Gasteiger partial charge in [0.25, 0.3) is 0 Å². The fraction of sp³-hybridized carbons (Fsp3) is 0.571. The minimum atomic E-state index is -0.990. The number of nitrogen functional groups attached to an aromatic ring is 1. The van der Waals surface area contributed by atoms with Crippen molar-refractivity contribution in [2.24, 2.45) is 0 Å². The molecule has 1 aliphatic heterocycles. The number of nitrogens with two attached hydrogens (primary N) is 1. The fourth-order valence-corrected chi connectivity index (χ4v) is 4.32. The molecule has 1 fully saturated rings. The smallest absolute Gasteiger partial charge is 0.0494 e. The average Bonchev–Trinajstić information content (AvgIpc) is 2.70. The second kappa shape index (κ2) is 4.37. The molecule has 2 N–H and O–H groups in total. The van der Waals surface area contributed by atoms with Gasteiger partial charge in [-0.25, -0.2) is 0 Å². The Balaban J connectivity index is 2.13. The molecule has 0 amide bonds. The second-order valence-electron chi connectivity index (χ2n) is 6.34. The molecule has 1 heterocycles. The van der Waals surface area contributed by atoms with Crippen molar-refractivity contribution in [3.8, 4) is 0 Å². The lowest BCUT2D eigenvalue weighted by molar-refractivity contribution is 0.898. The number of anilines is 2. The summed E-state index contributed by atoms with van der Waals surface area (Å²) in [6.45, 7) is 12.0. The van der Waals surface area contributed by atoms with E-state index in [9.17, 15) is 0 Å². The van der Waals surface area contributed by atoms with Crippen LogP contribution in [-0.2, 0) is 0 Å². The molecule has 1 saturated heterocycles. The Bertz CT molecular complexity index is 409. The Morgan fingerprint density at radius 3 is 2.53 bits per heavy atom. The molecule has 1 unspecified atom stereocenters. The Kier molecular flexibility index (Phi) is 3.21. The van der Waals surface area contributed by atoms with Crippen molar-refractivity contribution in [1.29, 1.82) is 0 Å². The van der Waals surface area contributed by atoms with Crippen LogP contribution >= 0.6 is 0 Å². The number of benzene rings is 1. The van der Waals surface area contributed by atoms with Crippen LogP contribution in [-0.4, -0.2) is 21.2 Å². The van der Waals surface area contributed by atoms with Crippen LogP contribution in [0, 0.1) is 6.92 Å². The van der Waals surface area contributed by atoms with Gasteiger partial charge in [0, 0.05) is 32.5 Å². The molecule has 17 heavy (non-hydrogen) atoms. The Morgan fingerprint density at radius 2 is 2.00 bits per heavy atom. The third-order valence-corrected chi connectivity index (χ3v) is 6.95. The quantitative estimate of drug-likeness (QED) is 0.641. The molecule has 0 aliphatic carbocycles. The van der Waals surface area contributed by atoms with Crippen LogP contribution in [0.2, 0.25) is 25.2 Å². The van der Waals surface area contributed by atoms with Crippen molar-refractivity contribution >= 4 is 19.4 Å². The van der Waals surface area contributed by atoms with Crippen LogP contribution in [0.3, 0.4) is 0 Å². The van der Waals surface area contributed by atoms with Gasteiger partial charge in [-0.1, -0.05) is 19.6 Å². The van der Waals surface area contributed by atoms with Crippen molar-refractivity contribution in [3.05, 3.63) is 23.8 Å². The number of nitrogens with zero attached hydrogens (tertiary/aromatic N) is 1. The van der Waals surface area contributed by atoms with E-state index < -0.39 is 8.07 Å². The van der Waals surface area contributed by atoms with Crippen LogP contribution in [0.15, 0.2) is 18.2 Å². The molecule has 2 nitrogen and oxygen atoms in total. The van der Waals surface area contributed by atoms with Crippen molar-refractivity contribution in [2.45, 2.75) is 38.5 Å². The number of aryl methyl sites for hydroxylation is 1. The van der Waals surface area contributed by atoms with Crippen LogP contribution in [0.4, 0.5) is 11.4 Å². The molecule has 0 saturated carbocycles. The van der Waals surface area contributed by atoms with E-state index in [4.69, 9.17) is 5.73 Å². The lowest BCUT2D eigenvalue weighted by Crippen LogP contribution is -2.30. The van der Waals surface area contributed by atoms with Crippen molar-refractivity contribution < 1.29 is 0 Å². The van der Waals surface area contributed by atoms with Gasteiger partial charge in [0.1, 0.15) is 0 Å². The lowest BCUT2D eigenvalue weighted by atomic mass is 10.2. The molecule has 2 rings (SSSR count). The average molecular weight is 248 g/mol. The first kappa shape index (κ1) is 12.5. The molecule has 3 heteroatoms.